The molecule has 2 aliphatic rings. The fraction of sp³-hybridized carbons (Fsp3) is 0.158. The molecule has 0 spiro atoms. The van der Waals surface area contributed by atoms with Gasteiger partial charge in [-0.1, -0.05) is 29.0 Å². The largest absolute Gasteiger partial charge is 0.508 e. The van der Waals surface area contributed by atoms with Gasteiger partial charge in [-0.3, -0.25) is 0 Å². The standard InChI is InChI=1S/C19H17N3O4S/c23-13-6-7-15(16(24)9-13)22-18(19(27)20-21-22)17-11-25-14(10-26-17)8-12-4-2-1-3-5-12/h1-2,4,6-7,9-11,23-24,27H,3,5,8H2. The SMILES string of the molecule is Oc1ccc(-n2nnc(S)c2C2=COC(CC3=CC=CCC3)=CO2)c(O)c1. The molecule has 0 unspecified atom stereocenters. The Kier molecular flexibility index (Phi) is 4.64. The lowest BCUT2D eigenvalue weighted by atomic mass is 10.0. The van der Waals surface area contributed by atoms with Crippen LogP contribution in [0.5, 0.6) is 11.5 Å². The molecule has 7 nitrogen and oxygen atoms in total. The molecule has 138 valence electrons. The number of ether oxygens (including phenoxy) is 2. The third-order valence-corrected chi connectivity index (χ3v) is 4.51. The molecule has 1 aromatic carbocycles. The van der Waals surface area contributed by atoms with E-state index in [4.69, 9.17) is 9.47 Å². The molecule has 0 bridgehead atoms. The van der Waals surface area contributed by atoms with Crippen molar-refractivity contribution in [2.45, 2.75) is 24.3 Å². The van der Waals surface area contributed by atoms with Gasteiger partial charge in [-0.2, -0.15) is 0 Å². The fourth-order valence-electron chi connectivity index (χ4n) is 2.88. The minimum atomic E-state index is -0.152. The number of allylic oxidation sites excluding steroid dienone is 4. The predicted molar refractivity (Wildman–Crippen MR) is 101 cm³/mol. The van der Waals surface area contributed by atoms with Gasteiger partial charge in [0.25, 0.3) is 0 Å². The first-order chi connectivity index (χ1) is 13.1. The Hall–Kier alpha value is -3.13. The zero-order chi connectivity index (χ0) is 18.8. The lowest BCUT2D eigenvalue weighted by Crippen LogP contribution is -2.06. The van der Waals surface area contributed by atoms with Crippen LogP contribution in [0.15, 0.2) is 65.3 Å². The molecule has 1 aromatic heterocycles. The number of rotatable bonds is 4. The van der Waals surface area contributed by atoms with E-state index in [1.54, 1.807) is 6.26 Å². The van der Waals surface area contributed by atoms with Gasteiger partial charge in [0.15, 0.2) is 5.76 Å². The summed E-state index contributed by atoms with van der Waals surface area (Å²) in [6.07, 6.45) is 12.0. The van der Waals surface area contributed by atoms with Gasteiger partial charge in [-0.15, -0.1) is 17.7 Å². The van der Waals surface area contributed by atoms with Gasteiger partial charge in [0.1, 0.15) is 46.2 Å². The van der Waals surface area contributed by atoms with Crippen molar-refractivity contribution in [2.24, 2.45) is 0 Å². The highest BCUT2D eigenvalue weighted by molar-refractivity contribution is 7.80. The maximum atomic E-state index is 10.1. The van der Waals surface area contributed by atoms with Gasteiger partial charge in [0, 0.05) is 12.5 Å². The first kappa shape index (κ1) is 17.3. The van der Waals surface area contributed by atoms with Gasteiger partial charge in [-0.25, -0.2) is 4.68 Å². The molecule has 4 rings (SSSR count). The number of phenols is 2. The Balaban J connectivity index is 1.57. The monoisotopic (exact) mass is 383 g/mol. The van der Waals surface area contributed by atoms with Crippen LogP contribution in [-0.4, -0.2) is 25.2 Å². The van der Waals surface area contributed by atoms with Gasteiger partial charge >= 0.3 is 0 Å². The van der Waals surface area contributed by atoms with Gasteiger partial charge < -0.3 is 19.7 Å². The lowest BCUT2D eigenvalue weighted by Gasteiger charge is -2.18. The third-order valence-electron chi connectivity index (χ3n) is 4.21. The fourth-order valence-corrected chi connectivity index (χ4v) is 3.13. The summed E-state index contributed by atoms with van der Waals surface area (Å²) < 4.78 is 12.8. The molecule has 2 N–H and O–H groups in total. The number of hydrogen-bond donors (Lipinski definition) is 3. The molecule has 0 amide bonds. The predicted octanol–water partition coefficient (Wildman–Crippen LogP) is 3.82. The Morgan fingerprint density at radius 2 is 2.07 bits per heavy atom. The van der Waals surface area contributed by atoms with E-state index in [1.165, 1.54) is 34.7 Å². The Morgan fingerprint density at radius 3 is 2.78 bits per heavy atom. The lowest BCUT2D eigenvalue weighted by molar-refractivity contribution is 0.265. The molecular weight excluding hydrogens is 366 g/mol. The first-order valence-corrected chi connectivity index (χ1v) is 8.81. The van der Waals surface area contributed by atoms with E-state index in [0.29, 0.717) is 34.3 Å². The topological polar surface area (TPSA) is 89.6 Å². The summed E-state index contributed by atoms with van der Waals surface area (Å²) in [5.74, 6) is 0.853. The second-order valence-electron chi connectivity index (χ2n) is 6.12. The molecule has 8 heteroatoms. The van der Waals surface area contributed by atoms with Crippen molar-refractivity contribution in [1.82, 2.24) is 15.0 Å². The molecule has 1 aliphatic heterocycles. The van der Waals surface area contributed by atoms with Crippen LogP contribution >= 0.6 is 12.6 Å². The summed E-state index contributed by atoms with van der Waals surface area (Å²) in [4.78, 5) is 0. The first-order valence-electron chi connectivity index (χ1n) is 8.36. The van der Waals surface area contributed by atoms with Crippen LogP contribution in [0.3, 0.4) is 0 Å². The molecule has 0 radical (unpaired) electrons. The van der Waals surface area contributed by atoms with Crippen molar-refractivity contribution in [3.63, 3.8) is 0 Å². The van der Waals surface area contributed by atoms with Crippen molar-refractivity contribution >= 4 is 18.4 Å². The van der Waals surface area contributed by atoms with E-state index >= 15 is 0 Å². The van der Waals surface area contributed by atoms with Gasteiger partial charge in [0.05, 0.1) is 0 Å². The smallest absolute Gasteiger partial charge is 0.190 e. The van der Waals surface area contributed by atoms with Crippen molar-refractivity contribution in [3.05, 3.63) is 66.0 Å². The van der Waals surface area contributed by atoms with Crippen molar-refractivity contribution in [3.8, 4) is 17.2 Å². The molecule has 0 saturated carbocycles. The molecular formula is C19H17N3O4S. The van der Waals surface area contributed by atoms with Crippen LogP contribution in [0.2, 0.25) is 0 Å². The average Bonchev–Trinajstić information content (AvgIpc) is 3.04. The molecule has 0 saturated heterocycles. The van der Waals surface area contributed by atoms with Gasteiger partial charge in [-0.05, 0) is 25.0 Å². The van der Waals surface area contributed by atoms with E-state index in [0.717, 1.165) is 12.8 Å². The molecule has 0 atom stereocenters. The van der Waals surface area contributed by atoms with Crippen LogP contribution in [0, 0.1) is 0 Å². The number of aromatic hydroxyl groups is 2. The summed E-state index contributed by atoms with van der Waals surface area (Å²) in [5, 5.41) is 27.8. The zero-order valence-electron chi connectivity index (χ0n) is 14.2. The van der Waals surface area contributed by atoms with Crippen molar-refractivity contribution in [2.75, 3.05) is 0 Å². The van der Waals surface area contributed by atoms with Crippen LogP contribution < -0.4 is 0 Å². The molecule has 2 aromatic rings. The maximum absolute atomic E-state index is 10.1. The quantitative estimate of drug-likeness (QED) is 0.696. The minimum absolute atomic E-state index is 0.0556. The van der Waals surface area contributed by atoms with Crippen LogP contribution in [0.25, 0.3) is 11.4 Å². The third kappa shape index (κ3) is 3.56. The summed E-state index contributed by atoms with van der Waals surface area (Å²) in [6.45, 7) is 0. The summed E-state index contributed by atoms with van der Waals surface area (Å²) in [5.41, 5.74) is 2.03. The van der Waals surface area contributed by atoms with Crippen LogP contribution in [0.1, 0.15) is 25.0 Å². The Labute approximate surface area is 160 Å². The van der Waals surface area contributed by atoms with E-state index in [-0.39, 0.29) is 11.5 Å². The number of phenolic OH excluding ortho intramolecular Hbond substituents is 2. The number of aromatic nitrogens is 3. The van der Waals surface area contributed by atoms with Crippen LogP contribution in [-0.2, 0) is 9.47 Å². The number of thiol groups is 1. The molecule has 1 aliphatic carbocycles. The van der Waals surface area contributed by atoms with Crippen molar-refractivity contribution < 1.29 is 19.7 Å². The Morgan fingerprint density at radius 1 is 1.19 bits per heavy atom. The summed E-state index contributed by atoms with van der Waals surface area (Å²) >= 11 is 4.32. The average molecular weight is 383 g/mol. The van der Waals surface area contributed by atoms with Gasteiger partial charge in [0.2, 0.25) is 0 Å². The minimum Gasteiger partial charge on any atom is -0.508 e. The van der Waals surface area contributed by atoms with E-state index in [9.17, 15) is 10.2 Å². The van der Waals surface area contributed by atoms with E-state index in [1.807, 2.05) is 6.08 Å². The Bertz CT molecular complexity index is 1000. The number of benzene rings is 1. The number of nitrogens with zero attached hydrogens (tertiary/aromatic N) is 3. The highest BCUT2D eigenvalue weighted by atomic mass is 32.1. The normalized spacial score (nSPS) is 16.1. The highest BCUT2D eigenvalue weighted by Gasteiger charge is 2.22. The zero-order valence-corrected chi connectivity index (χ0v) is 15.1. The molecule has 0 fully saturated rings. The number of hydrogen-bond acceptors (Lipinski definition) is 7. The molecule has 27 heavy (non-hydrogen) atoms. The second kappa shape index (κ2) is 7.24. The summed E-state index contributed by atoms with van der Waals surface area (Å²) in [6, 6.07) is 4.18. The molecule has 2 heterocycles. The van der Waals surface area contributed by atoms with Crippen LogP contribution in [0.4, 0.5) is 0 Å². The highest BCUT2D eigenvalue weighted by Crippen LogP contribution is 2.33. The summed E-state index contributed by atoms with van der Waals surface area (Å²) in [7, 11) is 0. The van der Waals surface area contributed by atoms with E-state index < -0.39 is 0 Å². The van der Waals surface area contributed by atoms with Crippen molar-refractivity contribution in [1.29, 1.82) is 0 Å². The maximum Gasteiger partial charge on any atom is 0.190 e. The second-order valence-corrected chi connectivity index (χ2v) is 6.54. The van der Waals surface area contributed by atoms with E-state index in [2.05, 4.69) is 35.1 Å².